The van der Waals surface area contributed by atoms with E-state index in [1.54, 1.807) is 30.3 Å². The van der Waals surface area contributed by atoms with E-state index in [1.165, 1.54) is 23.6 Å². The van der Waals surface area contributed by atoms with Gasteiger partial charge in [0, 0.05) is 11.8 Å². The quantitative estimate of drug-likeness (QED) is 0.670. The molecule has 1 aliphatic rings. The first-order valence-corrected chi connectivity index (χ1v) is 8.47. The lowest BCUT2D eigenvalue weighted by molar-refractivity contribution is -0.131. The van der Waals surface area contributed by atoms with Crippen LogP contribution in [0.4, 0.5) is 5.69 Å². The number of para-hydroxylation sites is 1. The summed E-state index contributed by atoms with van der Waals surface area (Å²) in [6, 6.07) is 14.2. The van der Waals surface area contributed by atoms with Gasteiger partial charge in [0.15, 0.2) is 0 Å². The Morgan fingerprint density at radius 2 is 1.84 bits per heavy atom. The number of carbonyl (C=O) groups excluding carboxylic acids is 3. The molecule has 2 aromatic rings. The van der Waals surface area contributed by atoms with E-state index in [0.717, 1.165) is 10.5 Å². The topological polar surface area (TPSA) is 89.7 Å². The first-order valence-electron chi connectivity index (χ1n) is 7.59. The lowest BCUT2D eigenvalue weighted by Crippen LogP contribution is -2.42. The maximum atomic E-state index is 12.9. The Labute approximate surface area is 148 Å². The number of amides is 2. The number of esters is 1. The molecule has 1 heterocycles. The first-order chi connectivity index (χ1) is 12.0. The maximum absolute atomic E-state index is 12.9. The average molecular weight is 356 g/mol. The molecule has 0 saturated carbocycles. The Morgan fingerprint density at radius 1 is 1.16 bits per heavy atom. The van der Waals surface area contributed by atoms with Gasteiger partial charge in [-0.25, -0.2) is 0 Å². The lowest BCUT2D eigenvalue weighted by atomic mass is 10.1. The highest BCUT2D eigenvalue weighted by molar-refractivity contribution is 8.00. The van der Waals surface area contributed by atoms with Gasteiger partial charge in [-0.2, -0.15) is 0 Å². The van der Waals surface area contributed by atoms with Crippen molar-refractivity contribution in [1.82, 2.24) is 0 Å². The van der Waals surface area contributed by atoms with Gasteiger partial charge in [0.05, 0.1) is 5.69 Å². The van der Waals surface area contributed by atoms with Gasteiger partial charge in [0.25, 0.3) is 0 Å². The molecule has 7 heteroatoms. The van der Waals surface area contributed by atoms with Gasteiger partial charge in [0.2, 0.25) is 11.8 Å². The van der Waals surface area contributed by atoms with Crippen molar-refractivity contribution in [1.29, 1.82) is 0 Å². The number of carbonyl (C=O) groups is 3. The Bertz CT molecular complexity index is 835. The summed E-state index contributed by atoms with van der Waals surface area (Å²) < 4.78 is 5.01. The predicted octanol–water partition coefficient (Wildman–Crippen LogP) is 2.28. The summed E-state index contributed by atoms with van der Waals surface area (Å²) in [6.45, 7) is 1.16. The molecule has 1 atom stereocenters. The molecule has 25 heavy (non-hydrogen) atoms. The van der Waals surface area contributed by atoms with Gasteiger partial charge >= 0.3 is 5.97 Å². The van der Waals surface area contributed by atoms with Crippen LogP contribution in [0.2, 0.25) is 0 Å². The van der Waals surface area contributed by atoms with Gasteiger partial charge in [-0.3, -0.25) is 14.4 Å². The van der Waals surface area contributed by atoms with Crippen LogP contribution in [0.1, 0.15) is 17.7 Å². The number of nitrogens with two attached hydrogens (primary N) is 1. The second-order valence-corrected chi connectivity index (χ2v) is 6.67. The number of fused-ring (bicyclic) bond motifs is 1. The molecule has 0 aliphatic carbocycles. The molecule has 2 amide bonds. The van der Waals surface area contributed by atoms with Gasteiger partial charge in [0.1, 0.15) is 17.5 Å². The number of hydrogen-bond acceptors (Lipinski definition) is 5. The molecule has 1 unspecified atom stereocenters. The van der Waals surface area contributed by atoms with Crippen LogP contribution in [0.25, 0.3) is 0 Å². The Balaban J connectivity index is 1.93. The number of benzene rings is 2. The monoisotopic (exact) mass is 356 g/mol. The number of nitrogens with zero attached hydrogens (tertiary/aromatic N) is 1. The minimum Gasteiger partial charge on any atom is -0.427 e. The van der Waals surface area contributed by atoms with Gasteiger partial charge in [-0.1, -0.05) is 24.3 Å². The van der Waals surface area contributed by atoms with Crippen LogP contribution in [0.3, 0.4) is 0 Å². The maximum Gasteiger partial charge on any atom is 0.308 e. The van der Waals surface area contributed by atoms with E-state index in [1.807, 2.05) is 18.2 Å². The molecule has 0 bridgehead atoms. The van der Waals surface area contributed by atoms with Crippen molar-refractivity contribution < 1.29 is 19.1 Å². The fraction of sp³-hybridized carbons (Fsp3) is 0.167. The van der Waals surface area contributed by atoms with Crippen molar-refractivity contribution in [3.63, 3.8) is 0 Å². The Hall–Kier alpha value is -2.80. The number of anilines is 1. The van der Waals surface area contributed by atoms with Gasteiger partial charge in [-0.15, -0.1) is 11.8 Å². The van der Waals surface area contributed by atoms with E-state index in [9.17, 15) is 14.4 Å². The summed E-state index contributed by atoms with van der Waals surface area (Å²) in [5.74, 6) is -0.766. The summed E-state index contributed by atoms with van der Waals surface area (Å²) in [7, 11) is 0. The Morgan fingerprint density at radius 3 is 2.48 bits per heavy atom. The van der Waals surface area contributed by atoms with E-state index in [4.69, 9.17) is 10.5 Å². The first kappa shape index (κ1) is 17.0. The normalized spacial score (nSPS) is 16.3. The molecule has 3 rings (SSSR count). The third kappa shape index (κ3) is 3.66. The molecular formula is C18H16N2O4S. The SMILES string of the molecule is CC(=O)Oc1ccc(C2Sc3ccccc3N(CC(N)=O)C2=O)cc1. The zero-order valence-electron chi connectivity index (χ0n) is 13.5. The van der Waals surface area contributed by atoms with Crippen LogP contribution >= 0.6 is 11.8 Å². The highest BCUT2D eigenvalue weighted by atomic mass is 32.2. The fourth-order valence-electron chi connectivity index (χ4n) is 2.62. The lowest BCUT2D eigenvalue weighted by Gasteiger charge is -2.33. The highest BCUT2D eigenvalue weighted by Gasteiger charge is 2.35. The average Bonchev–Trinajstić information content (AvgIpc) is 2.57. The summed E-state index contributed by atoms with van der Waals surface area (Å²) in [4.78, 5) is 37.6. The Kier molecular flexibility index (Phi) is 4.76. The summed E-state index contributed by atoms with van der Waals surface area (Å²) in [6.07, 6.45) is 0. The van der Waals surface area contributed by atoms with Crippen molar-refractivity contribution in [3.8, 4) is 5.75 Å². The molecule has 6 nitrogen and oxygen atoms in total. The molecule has 0 aromatic heterocycles. The number of hydrogen-bond donors (Lipinski definition) is 1. The van der Waals surface area contributed by atoms with E-state index in [-0.39, 0.29) is 12.5 Å². The van der Waals surface area contributed by atoms with Crippen molar-refractivity contribution in [2.75, 3.05) is 11.4 Å². The highest BCUT2D eigenvalue weighted by Crippen LogP contribution is 2.46. The molecular weight excluding hydrogens is 340 g/mol. The molecule has 1 aliphatic heterocycles. The standard InChI is InChI=1S/C18H16N2O4S/c1-11(21)24-13-8-6-12(7-9-13)17-18(23)20(10-16(19)22)14-4-2-3-5-15(14)25-17/h2-9,17H,10H2,1H3,(H2,19,22). The van der Waals surface area contributed by atoms with Crippen molar-refractivity contribution in [2.45, 2.75) is 17.1 Å². The van der Waals surface area contributed by atoms with Crippen LogP contribution in [-0.2, 0) is 14.4 Å². The smallest absolute Gasteiger partial charge is 0.308 e. The second-order valence-electron chi connectivity index (χ2n) is 5.52. The zero-order chi connectivity index (χ0) is 18.0. The van der Waals surface area contributed by atoms with E-state index in [2.05, 4.69) is 0 Å². The van der Waals surface area contributed by atoms with E-state index < -0.39 is 17.1 Å². The summed E-state index contributed by atoms with van der Waals surface area (Å²) in [5.41, 5.74) is 6.75. The van der Waals surface area contributed by atoms with E-state index >= 15 is 0 Å². The molecule has 0 radical (unpaired) electrons. The molecule has 0 spiro atoms. The van der Waals surface area contributed by atoms with Crippen molar-refractivity contribution >= 4 is 35.2 Å². The largest absolute Gasteiger partial charge is 0.427 e. The molecule has 2 N–H and O–H groups in total. The predicted molar refractivity (Wildman–Crippen MR) is 94.3 cm³/mol. The third-order valence-corrected chi connectivity index (χ3v) is 4.96. The molecule has 128 valence electrons. The fourth-order valence-corrected chi connectivity index (χ4v) is 3.85. The zero-order valence-corrected chi connectivity index (χ0v) is 14.3. The number of thioether (sulfide) groups is 1. The minimum atomic E-state index is -0.570. The van der Waals surface area contributed by atoms with Crippen LogP contribution in [0.15, 0.2) is 53.4 Å². The number of rotatable bonds is 4. The van der Waals surface area contributed by atoms with E-state index in [0.29, 0.717) is 11.4 Å². The summed E-state index contributed by atoms with van der Waals surface area (Å²) >= 11 is 1.42. The van der Waals surface area contributed by atoms with Crippen LogP contribution in [0.5, 0.6) is 5.75 Å². The third-order valence-electron chi connectivity index (χ3n) is 3.65. The minimum absolute atomic E-state index is 0.168. The summed E-state index contributed by atoms with van der Waals surface area (Å²) in [5, 5.41) is -0.499. The molecule has 0 fully saturated rings. The van der Waals surface area contributed by atoms with Crippen LogP contribution < -0.4 is 15.4 Å². The van der Waals surface area contributed by atoms with Crippen molar-refractivity contribution in [3.05, 3.63) is 54.1 Å². The second kappa shape index (κ2) is 6.98. The van der Waals surface area contributed by atoms with Gasteiger partial charge < -0.3 is 15.4 Å². The van der Waals surface area contributed by atoms with Crippen LogP contribution in [-0.4, -0.2) is 24.3 Å². The molecule has 0 saturated heterocycles. The number of primary amides is 1. The van der Waals surface area contributed by atoms with Crippen molar-refractivity contribution in [2.24, 2.45) is 5.73 Å². The molecule has 2 aromatic carbocycles. The van der Waals surface area contributed by atoms with Crippen LogP contribution in [0, 0.1) is 0 Å². The van der Waals surface area contributed by atoms with Gasteiger partial charge in [-0.05, 0) is 29.8 Å². The number of ether oxygens (including phenoxy) is 1.